The van der Waals surface area contributed by atoms with Gasteiger partial charge in [0.05, 0.1) is 22.2 Å². The van der Waals surface area contributed by atoms with Crippen molar-refractivity contribution in [2.75, 3.05) is 13.2 Å². The van der Waals surface area contributed by atoms with Crippen molar-refractivity contribution in [1.82, 2.24) is 0 Å². The van der Waals surface area contributed by atoms with Crippen molar-refractivity contribution in [2.45, 2.75) is 13.3 Å². The molecule has 0 saturated carbocycles. The molecule has 3 nitrogen and oxygen atoms in total. The monoisotopic (exact) mass is 262 g/mol. The molecule has 0 atom stereocenters. The first-order chi connectivity index (χ1) is 7.56. The second kappa shape index (κ2) is 6.09. The van der Waals surface area contributed by atoms with E-state index in [1.807, 2.05) is 0 Å². The number of benzene rings is 1. The number of carbonyl (C=O) groups is 1. The van der Waals surface area contributed by atoms with Crippen molar-refractivity contribution >= 4 is 29.0 Å². The molecule has 0 spiro atoms. The molecule has 0 heterocycles. The Balaban J connectivity index is 2.95. The summed E-state index contributed by atoms with van der Waals surface area (Å²) in [6.45, 7) is 1.80. The SMILES string of the molecule is CC(=O)c1cc(Cl)c(Cl)cc1OCCCO. The molecule has 88 valence electrons. The van der Waals surface area contributed by atoms with E-state index in [9.17, 15) is 4.79 Å². The zero-order valence-electron chi connectivity index (χ0n) is 8.80. The molecule has 0 unspecified atom stereocenters. The van der Waals surface area contributed by atoms with Gasteiger partial charge < -0.3 is 9.84 Å². The molecule has 5 heteroatoms. The van der Waals surface area contributed by atoms with E-state index in [1.54, 1.807) is 0 Å². The van der Waals surface area contributed by atoms with Crippen LogP contribution in [0.3, 0.4) is 0 Å². The Morgan fingerprint density at radius 3 is 2.56 bits per heavy atom. The first-order valence-electron chi connectivity index (χ1n) is 4.80. The quantitative estimate of drug-likeness (QED) is 0.656. The lowest BCUT2D eigenvalue weighted by atomic mass is 10.1. The number of halogens is 2. The molecule has 0 aliphatic carbocycles. The number of aliphatic hydroxyl groups is 1. The molecule has 1 rings (SSSR count). The Hall–Kier alpha value is -0.770. The Morgan fingerprint density at radius 1 is 1.38 bits per heavy atom. The van der Waals surface area contributed by atoms with E-state index in [4.69, 9.17) is 33.0 Å². The van der Waals surface area contributed by atoms with Gasteiger partial charge in [-0.2, -0.15) is 0 Å². The van der Waals surface area contributed by atoms with E-state index < -0.39 is 0 Å². The van der Waals surface area contributed by atoms with Crippen LogP contribution in [-0.2, 0) is 0 Å². The third kappa shape index (κ3) is 3.37. The normalized spacial score (nSPS) is 10.2. The highest BCUT2D eigenvalue weighted by Crippen LogP contribution is 2.31. The maximum atomic E-state index is 11.3. The molecule has 0 radical (unpaired) electrons. The van der Waals surface area contributed by atoms with Gasteiger partial charge in [-0.1, -0.05) is 23.2 Å². The first-order valence-corrected chi connectivity index (χ1v) is 5.55. The van der Waals surface area contributed by atoms with Gasteiger partial charge in [-0.25, -0.2) is 0 Å². The van der Waals surface area contributed by atoms with Crippen molar-refractivity contribution in [3.8, 4) is 5.75 Å². The number of ketones is 1. The molecule has 0 saturated heterocycles. The van der Waals surface area contributed by atoms with E-state index in [-0.39, 0.29) is 12.4 Å². The lowest BCUT2D eigenvalue weighted by Crippen LogP contribution is -2.04. The number of hydrogen-bond donors (Lipinski definition) is 1. The minimum absolute atomic E-state index is 0.0384. The van der Waals surface area contributed by atoms with Crippen molar-refractivity contribution in [3.05, 3.63) is 27.7 Å². The van der Waals surface area contributed by atoms with Crippen LogP contribution in [0.25, 0.3) is 0 Å². The van der Waals surface area contributed by atoms with E-state index in [0.29, 0.717) is 34.4 Å². The summed E-state index contributed by atoms with van der Waals surface area (Å²) in [5, 5.41) is 9.29. The molecule has 0 fully saturated rings. The van der Waals surface area contributed by atoms with E-state index in [2.05, 4.69) is 0 Å². The summed E-state index contributed by atoms with van der Waals surface area (Å²) in [4.78, 5) is 11.3. The molecule has 0 bridgehead atoms. The number of aliphatic hydroxyl groups excluding tert-OH is 1. The van der Waals surface area contributed by atoms with Crippen LogP contribution in [0.5, 0.6) is 5.75 Å². The molecule has 0 aromatic heterocycles. The predicted octanol–water partition coefficient (Wildman–Crippen LogP) is 2.96. The summed E-state index contributed by atoms with van der Waals surface area (Å²) >= 11 is 11.6. The molecule has 0 aliphatic heterocycles. The Morgan fingerprint density at radius 2 is 2.00 bits per heavy atom. The van der Waals surface area contributed by atoms with E-state index >= 15 is 0 Å². The van der Waals surface area contributed by atoms with Crippen molar-refractivity contribution < 1.29 is 14.6 Å². The second-order valence-electron chi connectivity index (χ2n) is 3.24. The standard InChI is InChI=1S/C11H12Cl2O3/c1-7(15)8-5-9(12)10(13)6-11(8)16-4-2-3-14/h5-6,14H,2-4H2,1H3. The van der Waals surface area contributed by atoms with Gasteiger partial charge in [0.2, 0.25) is 0 Å². The molecule has 1 N–H and O–H groups in total. The van der Waals surface area contributed by atoms with Gasteiger partial charge in [-0.3, -0.25) is 4.79 Å². The fourth-order valence-corrected chi connectivity index (χ4v) is 1.49. The van der Waals surface area contributed by atoms with Crippen LogP contribution in [0.4, 0.5) is 0 Å². The minimum atomic E-state index is -0.141. The maximum absolute atomic E-state index is 11.3. The summed E-state index contributed by atoms with van der Waals surface area (Å²) in [6.07, 6.45) is 0.498. The van der Waals surface area contributed by atoms with Crippen molar-refractivity contribution in [1.29, 1.82) is 0 Å². The molecule has 0 aliphatic rings. The zero-order valence-corrected chi connectivity index (χ0v) is 10.3. The summed E-state index contributed by atoms with van der Waals surface area (Å²) in [7, 11) is 0. The van der Waals surface area contributed by atoms with E-state index in [0.717, 1.165) is 0 Å². The Labute approximate surface area is 104 Å². The molecular formula is C11H12Cl2O3. The minimum Gasteiger partial charge on any atom is -0.493 e. The lowest BCUT2D eigenvalue weighted by Gasteiger charge is -2.10. The molecule has 16 heavy (non-hydrogen) atoms. The largest absolute Gasteiger partial charge is 0.493 e. The fraction of sp³-hybridized carbons (Fsp3) is 0.364. The highest BCUT2D eigenvalue weighted by molar-refractivity contribution is 6.42. The van der Waals surface area contributed by atoms with Crippen LogP contribution in [0.1, 0.15) is 23.7 Å². The maximum Gasteiger partial charge on any atom is 0.163 e. The van der Waals surface area contributed by atoms with Gasteiger partial charge >= 0.3 is 0 Å². The van der Waals surface area contributed by atoms with Crippen molar-refractivity contribution in [3.63, 3.8) is 0 Å². The second-order valence-corrected chi connectivity index (χ2v) is 4.06. The number of Topliss-reactive ketones (excluding diaryl/α,β-unsaturated/α-hetero) is 1. The first kappa shape index (κ1) is 13.3. The van der Waals surface area contributed by atoms with Gasteiger partial charge in [0, 0.05) is 19.1 Å². The molecular weight excluding hydrogens is 251 g/mol. The fourth-order valence-electron chi connectivity index (χ4n) is 1.17. The predicted molar refractivity (Wildman–Crippen MR) is 63.7 cm³/mol. The molecule has 1 aromatic carbocycles. The van der Waals surface area contributed by atoms with Crippen LogP contribution in [0.15, 0.2) is 12.1 Å². The van der Waals surface area contributed by atoms with Gasteiger partial charge in [-0.05, 0) is 13.0 Å². The van der Waals surface area contributed by atoms with Crippen LogP contribution in [0.2, 0.25) is 10.0 Å². The third-order valence-electron chi connectivity index (χ3n) is 1.96. The van der Waals surface area contributed by atoms with Gasteiger partial charge in [-0.15, -0.1) is 0 Å². The highest BCUT2D eigenvalue weighted by atomic mass is 35.5. The average molecular weight is 263 g/mol. The lowest BCUT2D eigenvalue weighted by molar-refractivity contribution is 0.101. The summed E-state index contributed by atoms with van der Waals surface area (Å²) in [5.74, 6) is 0.257. The number of ether oxygens (including phenoxy) is 1. The third-order valence-corrected chi connectivity index (χ3v) is 2.68. The van der Waals surface area contributed by atoms with Crippen LogP contribution >= 0.6 is 23.2 Å². The summed E-state index contributed by atoms with van der Waals surface area (Å²) in [6, 6.07) is 3.00. The van der Waals surface area contributed by atoms with Gasteiger partial charge in [0.15, 0.2) is 5.78 Å². The van der Waals surface area contributed by atoms with Crippen LogP contribution < -0.4 is 4.74 Å². The number of hydrogen-bond acceptors (Lipinski definition) is 3. The van der Waals surface area contributed by atoms with Crippen LogP contribution in [0, 0.1) is 0 Å². The van der Waals surface area contributed by atoms with Crippen molar-refractivity contribution in [2.24, 2.45) is 0 Å². The Bertz CT molecular complexity index is 391. The average Bonchev–Trinajstić information content (AvgIpc) is 2.23. The topological polar surface area (TPSA) is 46.5 Å². The van der Waals surface area contributed by atoms with Crippen LogP contribution in [-0.4, -0.2) is 24.1 Å². The van der Waals surface area contributed by atoms with E-state index in [1.165, 1.54) is 19.1 Å². The summed E-state index contributed by atoms with van der Waals surface area (Å²) < 4.78 is 5.35. The number of rotatable bonds is 5. The molecule has 1 aromatic rings. The van der Waals surface area contributed by atoms with Gasteiger partial charge in [0.1, 0.15) is 5.75 Å². The highest BCUT2D eigenvalue weighted by Gasteiger charge is 2.12. The Kier molecular flexibility index (Phi) is 5.06. The van der Waals surface area contributed by atoms with Gasteiger partial charge in [0.25, 0.3) is 0 Å². The number of carbonyl (C=O) groups excluding carboxylic acids is 1. The smallest absolute Gasteiger partial charge is 0.163 e. The summed E-state index contributed by atoms with van der Waals surface area (Å²) in [5.41, 5.74) is 0.396. The zero-order chi connectivity index (χ0) is 12.1. The molecule has 0 amide bonds.